The van der Waals surface area contributed by atoms with Crippen LogP contribution in [0.1, 0.15) is 36.1 Å². The molecule has 0 unspecified atom stereocenters. The van der Waals surface area contributed by atoms with Gasteiger partial charge in [-0.05, 0) is 50.1 Å². The second-order valence-corrected chi connectivity index (χ2v) is 7.38. The Morgan fingerprint density at radius 2 is 1.68 bits per heavy atom. The molecule has 2 rings (SSSR count). The fourth-order valence-corrected chi connectivity index (χ4v) is 3.15. The Labute approximate surface area is 128 Å². The van der Waals surface area contributed by atoms with Crippen LogP contribution in [0.5, 0.6) is 0 Å². The first kappa shape index (κ1) is 14.8. The van der Waals surface area contributed by atoms with Crippen LogP contribution in [0.3, 0.4) is 0 Å². The third kappa shape index (κ3) is 3.91. The summed E-state index contributed by atoms with van der Waals surface area (Å²) < 4.78 is 1.12. The molecule has 0 aliphatic heterocycles. The summed E-state index contributed by atoms with van der Waals surface area (Å²) >= 11 is 5.38. The van der Waals surface area contributed by atoms with Gasteiger partial charge in [0.15, 0.2) is 0 Å². The first-order valence-corrected chi connectivity index (χ1v) is 8.21. The molecule has 0 saturated carbocycles. The Morgan fingerprint density at radius 1 is 1.05 bits per heavy atom. The van der Waals surface area contributed by atoms with E-state index in [0.29, 0.717) is 0 Å². The zero-order chi connectivity index (χ0) is 13.9. The Kier molecular flexibility index (Phi) is 4.82. The van der Waals surface area contributed by atoms with Gasteiger partial charge in [-0.1, -0.05) is 35.0 Å². The predicted molar refractivity (Wildman–Crippen MR) is 87.7 cm³/mol. The highest BCUT2D eigenvalue weighted by atomic mass is 79.9. The number of hydrogen-bond acceptors (Lipinski definition) is 2. The van der Waals surface area contributed by atoms with Crippen molar-refractivity contribution in [2.75, 3.05) is 0 Å². The van der Waals surface area contributed by atoms with Crippen LogP contribution in [-0.4, -0.2) is 0 Å². The van der Waals surface area contributed by atoms with Gasteiger partial charge < -0.3 is 5.32 Å². The van der Waals surface area contributed by atoms with Crippen molar-refractivity contribution in [3.8, 4) is 0 Å². The van der Waals surface area contributed by atoms with E-state index in [1.165, 1.54) is 15.3 Å². The minimum atomic E-state index is -0.0168. The number of hydrogen-bond donors (Lipinski definition) is 1. The average molecular weight is 338 g/mol. The maximum absolute atomic E-state index is 3.64. The van der Waals surface area contributed by atoms with Gasteiger partial charge >= 0.3 is 0 Å². The number of aryl methyl sites for hydroxylation is 1. The van der Waals surface area contributed by atoms with Crippen molar-refractivity contribution in [2.24, 2.45) is 0 Å². The maximum atomic E-state index is 3.64. The standard InChI is InChI=1S/C16H20BrNS/c1-4-14-9-10-15(19-14)11-18-16(2,3)12-5-7-13(17)8-6-12/h5-10,18H,4,11H2,1-3H3. The molecule has 0 amide bonds. The van der Waals surface area contributed by atoms with Gasteiger partial charge in [-0.2, -0.15) is 0 Å². The highest BCUT2D eigenvalue weighted by Gasteiger charge is 2.19. The van der Waals surface area contributed by atoms with E-state index in [-0.39, 0.29) is 5.54 Å². The lowest BCUT2D eigenvalue weighted by Crippen LogP contribution is -2.35. The van der Waals surface area contributed by atoms with E-state index >= 15 is 0 Å². The van der Waals surface area contributed by atoms with Crippen molar-refractivity contribution in [2.45, 2.75) is 39.3 Å². The lowest BCUT2D eigenvalue weighted by molar-refractivity contribution is 0.403. The molecule has 0 saturated heterocycles. The normalized spacial score (nSPS) is 11.8. The molecule has 0 aliphatic carbocycles. The molecule has 2 aromatic rings. The van der Waals surface area contributed by atoms with E-state index in [0.717, 1.165) is 17.4 Å². The summed E-state index contributed by atoms with van der Waals surface area (Å²) in [5, 5.41) is 3.64. The van der Waals surface area contributed by atoms with E-state index in [9.17, 15) is 0 Å². The van der Waals surface area contributed by atoms with Crippen LogP contribution in [0.2, 0.25) is 0 Å². The highest BCUT2D eigenvalue weighted by molar-refractivity contribution is 9.10. The smallest absolute Gasteiger partial charge is 0.0380 e. The second kappa shape index (κ2) is 6.21. The molecular formula is C16H20BrNS. The van der Waals surface area contributed by atoms with Gasteiger partial charge in [0.2, 0.25) is 0 Å². The molecule has 0 atom stereocenters. The van der Waals surface area contributed by atoms with Gasteiger partial charge in [0.25, 0.3) is 0 Å². The Bertz CT molecular complexity index is 528. The van der Waals surface area contributed by atoms with E-state index < -0.39 is 0 Å². The minimum absolute atomic E-state index is 0.0168. The third-order valence-corrected chi connectivity index (χ3v) is 5.09. The molecule has 3 heteroatoms. The minimum Gasteiger partial charge on any atom is -0.303 e. The van der Waals surface area contributed by atoms with Crippen LogP contribution >= 0.6 is 27.3 Å². The van der Waals surface area contributed by atoms with Crippen LogP contribution in [0.15, 0.2) is 40.9 Å². The van der Waals surface area contributed by atoms with Crippen LogP contribution in [0.25, 0.3) is 0 Å². The van der Waals surface area contributed by atoms with Crippen molar-refractivity contribution < 1.29 is 0 Å². The zero-order valence-corrected chi connectivity index (χ0v) is 14.1. The van der Waals surface area contributed by atoms with Crippen molar-refractivity contribution in [3.63, 3.8) is 0 Å². The summed E-state index contributed by atoms with van der Waals surface area (Å²) in [6.07, 6.45) is 1.13. The first-order chi connectivity index (χ1) is 9.01. The Hall–Kier alpha value is -0.640. The molecule has 0 radical (unpaired) electrons. The summed E-state index contributed by atoms with van der Waals surface area (Å²) in [4.78, 5) is 2.86. The van der Waals surface area contributed by atoms with Gasteiger partial charge in [-0.3, -0.25) is 0 Å². The van der Waals surface area contributed by atoms with Gasteiger partial charge in [-0.25, -0.2) is 0 Å². The van der Waals surface area contributed by atoms with Gasteiger partial charge in [0, 0.05) is 26.3 Å². The number of nitrogens with one attached hydrogen (secondary N) is 1. The van der Waals surface area contributed by atoms with Crippen molar-refractivity contribution in [1.82, 2.24) is 5.32 Å². The molecule has 19 heavy (non-hydrogen) atoms. The van der Waals surface area contributed by atoms with E-state index in [2.05, 4.69) is 78.4 Å². The zero-order valence-electron chi connectivity index (χ0n) is 11.7. The van der Waals surface area contributed by atoms with Crippen LogP contribution in [0, 0.1) is 0 Å². The summed E-state index contributed by atoms with van der Waals surface area (Å²) in [5.74, 6) is 0. The molecule has 0 fully saturated rings. The van der Waals surface area contributed by atoms with Crippen molar-refractivity contribution >= 4 is 27.3 Å². The Morgan fingerprint density at radius 3 is 2.26 bits per heavy atom. The second-order valence-electron chi connectivity index (χ2n) is 5.21. The van der Waals surface area contributed by atoms with E-state index in [1.54, 1.807) is 0 Å². The lowest BCUT2D eigenvalue weighted by atomic mass is 9.94. The molecule has 1 aromatic carbocycles. The highest BCUT2D eigenvalue weighted by Crippen LogP contribution is 2.24. The van der Waals surface area contributed by atoms with Crippen molar-refractivity contribution in [3.05, 3.63) is 56.2 Å². The SMILES string of the molecule is CCc1ccc(CNC(C)(C)c2ccc(Br)cc2)s1. The van der Waals surface area contributed by atoms with E-state index in [1.807, 2.05) is 11.3 Å². The summed E-state index contributed by atoms with van der Waals surface area (Å²) in [7, 11) is 0. The summed E-state index contributed by atoms with van der Waals surface area (Å²) in [5.41, 5.74) is 1.29. The largest absolute Gasteiger partial charge is 0.303 e. The average Bonchev–Trinajstić information content (AvgIpc) is 2.85. The monoisotopic (exact) mass is 337 g/mol. The maximum Gasteiger partial charge on any atom is 0.0380 e. The topological polar surface area (TPSA) is 12.0 Å². The molecule has 0 aliphatic rings. The van der Waals surface area contributed by atoms with Crippen molar-refractivity contribution in [1.29, 1.82) is 0 Å². The fourth-order valence-electron chi connectivity index (χ4n) is 1.98. The number of rotatable bonds is 5. The number of thiophene rings is 1. The fraction of sp³-hybridized carbons (Fsp3) is 0.375. The quantitative estimate of drug-likeness (QED) is 0.800. The molecular weight excluding hydrogens is 318 g/mol. The first-order valence-electron chi connectivity index (χ1n) is 6.60. The van der Waals surface area contributed by atoms with Gasteiger partial charge in [0.1, 0.15) is 0 Å². The molecule has 0 spiro atoms. The Balaban J connectivity index is 2.02. The van der Waals surface area contributed by atoms with Gasteiger partial charge in [0.05, 0.1) is 0 Å². The number of halogens is 1. The van der Waals surface area contributed by atoms with Gasteiger partial charge in [-0.15, -0.1) is 11.3 Å². The molecule has 0 bridgehead atoms. The van der Waals surface area contributed by atoms with E-state index in [4.69, 9.17) is 0 Å². The molecule has 1 aromatic heterocycles. The third-order valence-electron chi connectivity index (χ3n) is 3.34. The predicted octanol–water partition coefficient (Wildman–Crippen LogP) is 5.10. The van der Waals surface area contributed by atoms with Crippen LogP contribution in [-0.2, 0) is 18.5 Å². The molecule has 1 heterocycles. The lowest BCUT2D eigenvalue weighted by Gasteiger charge is -2.27. The van der Waals surface area contributed by atoms with Crippen LogP contribution < -0.4 is 5.32 Å². The molecule has 1 N–H and O–H groups in total. The summed E-state index contributed by atoms with van der Waals surface area (Å²) in [6.45, 7) is 7.58. The molecule has 102 valence electrons. The number of benzene rings is 1. The van der Waals surface area contributed by atoms with Crippen LogP contribution in [0.4, 0.5) is 0 Å². The summed E-state index contributed by atoms with van der Waals surface area (Å²) in [6, 6.07) is 13.0. The molecule has 1 nitrogen and oxygen atoms in total.